The Labute approximate surface area is 197 Å². The molecule has 1 aromatic carbocycles. The van der Waals surface area contributed by atoms with Crippen LogP contribution in [0.5, 0.6) is 0 Å². The summed E-state index contributed by atoms with van der Waals surface area (Å²) in [5, 5.41) is 3.59. The summed E-state index contributed by atoms with van der Waals surface area (Å²) in [6.07, 6.45) is 4.69. The van der Waals surface area contributed by atoms with Crippen molar-refractivity contribution in [3.8, 4) is 0 Å². The first-order valence-electron chi connectivity index (χ1n) is 12.0. The minimum absolute atomic E-state index is 0.358. The quantitative estimate of drug-likeness (QED) is 0.432. The molecular formula is C27H36N6. The lowest BCUT2D eigenvalue weighted by Crippen LogP contribution is -2.21. The Hall–Kier alpha value is -2.99. The molecule has 2 aromatic heterocycles. The van der Waals surface area contributed by atoms with Gasteiger partial charge in [0.2, 0.25) is 0 Å². The Balaban J connectivity index is 1.49. The van der Waals surface area contributed by atoms with Gasteiger partial charge in [-0.1, -0.05) is 38.1 Å². The van der Waals surface area contributed by atoms with Crippen LogP contribution >= 0.6 is 0 Å². The molecule has 0 bridgehead atoms. The van der Waals surface area contributed by atoms with E-state index >= 15 is 0 Å². The van der Waals surface area contributed by atoms with Crippen molar-refractivity contribution < 1.29 is 0 Å². The maximum Gasteiger partial charge on any atom is 0.144 e. The standard InChI is InChI=1S/C27H36N6/c1-17(2)26-20(5)29-25(16-33-11-7-8-12-33)32-27(26)28-15-18(3)13-19(4)22-9-10-23-24(14-22)31-21(6)30-23/h9-10,13-14,17H,4,7-8,11-12,15-16H2,1-3,5-6H3,(H,30,31)(H,28,29,32)/b18-13+. The third-order valence-corrected chi connectivity index (χ3v) is 6.25. The number of nitrogens with one attached hydrogen (secondary N) is 2. The second kappa shape index (κ2) is 9.87. The highest BCUT2D eigenvalue weighted by atomic mass is 15.2. The Morgan fingerprint density at radius 1 is 1.18 bits per heavy atom. The minimum Gasteiger partial charge on any atom is -0.366 e. The van der Waals surface area contributed by atoms with Crippen LogP contribution in [0.1, 0.15) is 68.0 Å². The normalized spacial score (nSPS) is 15.0. The van der Waals surface area contributed by atoms with E-state index in [-0.39, 0.29) is 0 Å². The number of allylic oxidation sites excluding steroid dienone is 2. The van der Waals surface area contributed by atoms with Gasteiger partial charge >= 0.3 is 0 Å². The van der Waals surface area contributed by atoms with Crippen molar-refractivity contribution in [1.29, 1.82) is 0 Å². The molecule has 174 valence electrons. The van der Waals surface area contributed by atoms with E-state index in [0.717, 1.165) is 65.0 Å². The molecule has 1 saturated heterocycles. The summed E-state index contributed by atoms with van der Waals surface area (Å²) in [5.74, 6) is 3.15. The first-order valence-corrected chi connectivity index (χ1v) is 12.0. The summed E-state index contributed by atoms with van der Waals surface area (Å²) in [7, 11) is 0. The number of aromatic nitrogens is 4. The van der Waals surface area contributed by atoms with Crippen LogP contribution in [0.25, 0.3) is 16.6 Å². The maximum absolute atomic E-state index is 4.94. The SMILES string of the molecule is C=C(/C=C(\C)CNc1nc(CN2CCCC2)nc(C)c1C(C)C)c1ccc2[nH]c(C)nc2c1. The molecule has 0 spiro atoms. The molecule has 2 N–H and O–H groups in total. The third-order valence-electron chi connectivity index (χ3n) is 6.25. The fraction of sp³-hybridized carbons (Fsp3) is 0.444. The van der Waals surface area contributed by atoms with Gasteiger partial charge in [0, 0.05) is 17.8 Å². The summed E-state index contributed by atoms with van der Waals surface area (Å²) in [6, 6.07) is 6.25. The lowest BCUT2D eigenvalue weighted by molar-refractivity contribution is 0.322. The van der Waals surface area contributed by atoms with Crippen molar-refractivity contribution in [1.82, 2.24) is 24.8 Å². The number of hydrogen-bond acceptors (Lipinski definition) is 5. The molecule has 6 nitrogen and oxygen atoms in total. The predicted octanol–water partition coefficient (Wildman–Crippen LogP) is 5.76. The molecule has 0 amide bonds. The zero-order chi connectivity index (χ0) is 23.5. The van der Waals surface area contributed by atoms with Crippen LogP contribution in [0.2, 0.25) is 0 Å². The van der Waals surface area contributed by atoms with Crippen molar-refractivity contribution in [2.45, 2.75) is 59.9 Å². The van der Waals surface area contributed by atoms with Gasteiger partial charge in [-0.15, -0.1) is 0 Å². The molecule has 1 aliphatic rings. The fourth-order valence-electron chi connectivity index (χ4n) is 4.66. The molecular weight excluding hydrogens is 408 g/mol. The highest BCUT2D eigenvalue weighted by molar-refractivity contribution is 5.83. The number of fused-ring (bicyclic) bond motifs is 1. The van der Waals surface area contributed by atoms with E-state index in [1.807, 2.05) is 6.92 Å². The highest BCUT2D eigenvalue weighted by Gasteiger charge is 2.18. The smallest absolute Gasteiger partial charge is 0.144 e. The van der Waals surface area contributed by atoms with Crippen molar-refractivity contribution in [2.75, 3.05) is 25.0 Å². The lowest BCUT2D eigenvalue weighted by atomic mass is 10.0. The monoisotopic (exact) mass is 444 g/mol. The number of H-pyrrole nitrogens is 1. The second-order valence-electron chi connectivity index (χ2n) is 9.55. The highest BCUT2D eigenvalue weighted by Crippen LogP contribution is 2.27. The number of benzene rings is 1. The van der Waals surface area contributed by atoms with Gasteiger partial charge in [-0.05, 0) is 75.9 Å². The Morgan fingerprint density at radius 3 is 2.67 bits per heavy atom. The predicted molar refractivity (Wildman–Crippen MR) is 137 cm³/mol. The van der Waals surface area contributed by atoms with Crippen LogP contribution in [-0.2, 0) is 6.54 Å². The molecule has 6 heteroatoms. The Bertz CT molecular complexity index is 1180. The van der Waals surface area contributed by atoms with Crippen LogP contribution in [0.3, 0.4) is 0 Å². The van der Waals surface area contributed by atoms with Gasteiger partial charge in [-0.2, -0.15) is 0 Å². The Kier molecular flexibility index (Phi) is 6.94. The average Bonchev–Trinajstić information content (AvgIpc) is 3.39. The fourth-order valence-corrected chi connectivity index (χ4v) is 4.66. The number of hydrogen-bond donors (Lipinski definition) is 2. The van der Waals surface area contributed by atoms with E-state index < -0.39 is 0 Å². The first-order chi connectivity index (χ1) is 15.8. The lowest BCUT2D eigenvalue weighted by Gasteiger charge is -2.20. The number of aromatic amines is 1. The molecule has 3 aromatic rings. The van der Waals surface area contributed by atoms with Crippen LogP contribution < -0.4 is 5.32 Å². The molecule has 1 fully saturated rings. The zero-order valence-electron chi connectivity index (χ0n) is 20.6. The number of nitrogens with zero attached hydrogens (tertiary/aromatic N) is 4. The van der Waals surface area contributed by atoms with Crippen molar-refractivity contribution >= 4 is 22.4 Å². The molecule has 0 unspecified atom stereocenters. The van der Waals surface area contributed by atoms with Gasteiger partial charge in [0.25, 0.3) is 0 Å². The van der Waals surface area contributed by atoms with Gasteiger partial charge in [-0.25, -0.2) is 15.0 Å². The molecule has 1 aliphatic heterocycles. The van der Waals surface area contributed by atoms with Crippen LogP contribution in [-0.4, -0.2) is 44.5 Å². The Morgan fingerprint density at radius 2 is 1.94 bits per heavy atom. The summed E-state index contributed by atoms with van der Waals surface area (Å²) in [5.41, 5.74) is 7.56. The molecule has 0 saturated carbocycles. The average molecular weight is 445 g/mol. The van der Waals surface area contributed by atoms with E-state index in [1.165, 1.54) is 24.0 Å². The molecule has 4 rings (SSSR count). The van der Waals surface area contributed by atoms with Crippen LogP contribution in [0, 0.1) is 13.8 Å². The van der Waals surface area contributed by atoms with Crippen LogP contribution in [0.15, 0.2) is 36.4 Å². The number of rotatable bonds is 8. The number of imidazole rings is 1. The first kappa shape index (κ1) is 23.2. The summed E-state index contributed by atoms with van der Waals surface area (Å²) < 4.78 is 0. The van der Waals surface area contributed by atoms with Crippen molar-refractivity contribution in [3.63, 3.8) is 0 Å². The minimum atomic E-state index is 0.358. The topological polar surface area (TPSA) is 69.7 Å². The van der Waals surface area contributed by atoms with Crippen molar-refractivity contribution in [2.24, 2.45) is 0 Å². The molecule has 0 aliphatic carbocycles. The summed E-state index contributed by atoms with van der Waals surface area (Å²) in [4.78, 5) is 20.0. The van der Waals surface area contributed by atoms with E-state index in [0.29, 0.717) is 12.5 Å². The number of anilines is 1. The van der Waals surface area contributed by atoms with E-state index in [9.17, 15) is 0 Å². The second-order valence-corrected chi connectivity index (χ2v) is 9.55. The third kappa shape index (κ3) is 5.50. The number of likely N-dealkylation sites (tertiary alicyclic amines) is 1. The molecule has 33 heavy (non-hydrogen) atoms. The summed E-state index contributed by atoms with van der Waals surface area (Å²) >= 11 is 0. The van der Waals surface area contributed by atoms with E-state index in [1.54, 1.807) is 0 Å². The number of aryl methyl sites for hydroxylation is 2. The molecule has 0 radical (unpaired) electrons. The largest absolute Gasteiger partial charge is 0.366 e. The zero-order valence-corrected chi connectivity index (χ0v) is 20.6. The molecule has 0 atom stereocenters. The summed E-state index contributed by atoms with van der Waals surface area (Å²) in [6.45, 7) is 18.7. The maximum atomic E-state index is 4.94. The van der Waals surface area contributed by atoms with E-state index in [2.05, 4.69) is 78.7 Å². The van der Waals surface area contributed by atoms with Gasteiger partial charge in [0.1, 0.15) is 17.5 Å². The van der Waals surface area contributed by atoms with Gasteiger partial charge in [-0.3, -0.25) is 4.90 Å². The van der Waals surface area contributed by atoms with Gasteiger partial charge in [0.05, 0.1) is 17.6 Å². The molecule has 3 heterocycles. The van der Waals surface area contributed by atoms with E-state index in [4.69, 9.17) is 9.97 Å². The van der Waals surface area contributed by atoms with Gasteiger partial charge in [0.15, 0.2) is 0 Å². The van der Waals surface area contributed by atoms with Crippen molar-refractivity contribution in [3.05, 3.63) is 64.9 Å². The van der Waals surface area contributed by atoms with Gasteiger partial charge < -0.3 is 10.3 Å². The van der Waals surface area contributed by atoms with Crippen LogP contribution in [0.4, 0.5) is 5.82 Å².